The molecule has 20 heavy (non-hydrogen) atoms. The molecule has 0 aliphatic rings. The minimum atomic E-state index is -1.30. The van der Waals surface area contributed by atoms with Crippen LogP contribution in [0.2, 0.25) is 0 Å². The lowest BCUT2D eigenvalue weighted by atomic mass is 9.98. The van der Waals surface area contributed by atoms with E-state index in [9.17, 15) is 14.7 Å². The molecule has 3 atom stereocenters. The van der Waals surface area contributed by atoms with E-state index in [0.29, 0.717) is 12.0 Å². The molecule has 0 fully saturated rings. The molecule has 0 heterocycles. The second-order valence-corrected chi connectivity index (χ2v) is 4.71. The Balaban J connectivity index is 2.78. The number of rotatable bonds is 6. The number of carbonyl (C=O) groups excluding carboxylic acids is 2. The molecule has 1 rings (SSSR count). The largest absolute Gasteiger partial charge is 0.467 e. The minimum Gasteiger partial charge on any atom is -0.467 e. The Bertz CT molecular complexity index is 446. The maximum atomic E-state index is 12.0. The summed E-state index contributed by atoms with van der Waals surface area (Å²) in [6.07, 6.45) is -0.589. The van der Waals surface area contributed by atoms with Crippen LogP contribution in [-0.2, 0) is 14.3 Å². The van der Waals surface area contributed by atoms with Gasteiger partial charge in [-0.05, 0) is 11.5 Å². The second-order valence-electron chi connectivity index (χ2n) is 4.71. The van der Waals surface area contributed by atoms with Crippen molar-refractivity contribution in [1.29, 1.82) is 0 Å². The average Bonchev–Trinajstić information content (AvgIpc) is 2.50. The third kappa shape index (κ3) is 4.06. The molecule has 0 radical (unpaired) electrons. The topological polar surface area (TPSA) is 75.6 Å². The van der Waals surface area contributed by atoms with Gasteiger partial charge in [0.25, 0.3) is 5.91 Å². The van der Waals surface area contributed by atoms with E-state index in [0.717, 1.165) is 0 Å². The van der Waals surface area contributed by atoms with Gasteiger partial charge in [-0.3, -0.25) is 4.79 Å². The predicted octanol–water partition coefficient (Wildman–Crippen LogP) is 1.42. The summed E-state index contributed by atoms with van der Waals surface area (Å²) >= 11 is 0. The number of benzene rings is 1. The van der Waals surface area contributed by atoms with Crippen LogP contribution in [-0.4, -0.2) is 30.1 Å². The number of carbonyl (C=O) groups is 2. The minimum absolute atomic E-state index is 0.0747. The van der Waals surface area contributed by atoms with Gasteiger partial charge in [-0.25, -0.2) is 4.79 Å². The molecule has 0 saturated heterocycles. The third-order valence-corrected chi connectivity index (χ3v) is 3.33. The summed E-state index contributed by atoms with van der Waals surface area (Å²) in [7, 11) is 1.28. The van der Waals surface area contributed by atoms with E-state index in [4.69, 9.17) is 0 Å². The van der Waals surface area contributed by atoms with E-state index >= 15 is 0 Å². The molecule has 5 nitrogen and oxygen atoms in total. The molecule has 1 amide bonds. The van der Waals surface area contributed by atoms with Gasteiger partial charge in [-0.1, -0.05) is 50.6 Å². The van der Waals surface area contributed by atoms with Crippen molar-refractivity contribution in [3.8, 4) is 0 Å². The molecule has 0 saturated carbocycles. The summed E-state index contributed by atoms with van der Waals surface area (Å²) in [4.78, 5) is 23.7. The molecule has 0 aliphatic heterocycles. The van der Waals surface area contributed by atoms with Crippen molar-refractivity contribution in [3.05, 3.63) is 35.9 Å². The van der Waals surface area contributed by atoms with E-state index in [1.165, 1.54) is 7.11 Å². The first-order valence-electron chi connectivity index (χ1n) is 6.62. The number of aliphatic hydroxyl groups excluding tert-OH is 1. The van der Waals surface area contributed by atoms with E-state index in [1.54, 1.807) is 30.3 Å². The number of nitrogens with one attached hydrogen (secondary N) is 1. The molecule has 0 unspecified atom stereocenters. The van der Waals surface area contributed by atoms with Crippen molar-refractivity contribution < 1.29 is 19.4 Å². The molecular formula is C15H21NO4. The molecule has 1 aromatic rings. The van der Waals surface area contributed by atoms with Crippen molar-refractivity contribution >= 4 is 11.9 Å². The standard InChI is InChI=1S/C15H21NO4/c1-4-10(2)12(15(19)20-3)16-14(18)13(17)11-8-6-5-7-9-11/h5-10,12-13,17H,4H2,1-3H3,(H,16,18)/t10-,12+,13-/m0/s1. The van der Waals surface area contributed by atoms with E-state index in [2.05, 4.69) is 10.1 Å². The highest BCUT2D eigenvalue weighted by Crippen LogP contribution is 2.15. The molecule has 0 aliphatic carbocycles. The van der Waals surface area contributed by atoms with Gasteiger partial charge < -0.3 is 15.2 Å². The van der Waals surface area contributed by atoms with Crippen LogP contribution in [0.25, 0.3) is 0 Å². The fraction of sp³-hybridized carbons (Fsp3) is 0.467. The van der Waals surface area contributed by atoms with E-state index in [1.807, 2.05) is 13.8 Å². The fourth-order valence-electron chi connectivity index (χ4n) is 1.82. The molecular weight excluding hydrogens is 258 g/mol. The summed E-state index contributed by atoms with van der Waals surface area (Å²) < 4.78 is 4.69. The van der Waals surface area contributed by atoms with Crippen molar-refractivity contribution in [2.75, 3.05) is 7.11 Å². The molecule has 110 valence electrons. The molecule has 0 bridgehead atoms. The fourth-order valence-corrected chi connectivity index (χ4v) is 1.82. The van der Waals surface area contributed by atoms with Gasteiger partial charge in [0.1, 0.15) is 6.04 Å². The van der Waals surface area contributed by atoms with Crippen molar-refractivity contribution in [2.24, 2.45) is 5.92 Å². The number of aliphatic hydroxyl groups is 1. The van der Waals surface area contributed by atoms with Gasteiger partial charge in [0.05, 0.1) is 7.11 Å². The highest BCUT2D eigenvalue weighted by Gasteiger charge is 2.29. The predicted molar refractivity (Wildman–Crippen MR) is 74.8 cm³/mol. The van der Waals surface area contributed by atoms with Crippen molar-refractivity contribution in [1.82, 2.24) is 5.32 Å². The van der Waals surface area contributed by atoms with Crippen LogP contribution < -0.4 is 5.32 Å². The lowest BCUT2D eigenvalue weighted by Crippen LogP contribution is -2.47. The van der Waals surface area contributed by atoms with Gasteiger partial charge >= 0.3 is 5.97 Å². The first-order chi connectivity index (χ1) is 9.51. The first kappa shape index (κ1) is 16.2. The lowest BCUT2D eigenvalue weighted by molar-refractivity contribution is -0.148. The first-order valence-corrected chi connectivity index (χ1v) is 6.62. The Morgan fingerprint density at radius 3 is 2.40 bits per heavy atom. The van der Waals surface area contributed by atoms with Gasteiger partial charge in [-0.2, -0.15) is 0 Å². The zero-order valence-electron chi connectivity index (χ0n) is 12.0. The Hall–Kier alpha value is -1.88. The van der Waals surface area contributed by atoms with E-state index in [-0.39, 0.29) is 5.92 Å². The maximum Gasteiger partial charge on any atom is 0.328 e. The SMILES string of the molecule is CC[C@H](C)[C@@H](NC(=O)[C@@H](O)c1ccccc1)C(=O)OC. The number of ether oxygens (including phenoxy) is 1. The van der Waals surface area contributed by atoms with Gasteiger partial charge in [0.15, 0.2) is 6.10 Å². The van der Waals surface area contributed by atoms with Crippen LogP contribution >= 0.6 is 0 Å². The average molecular weight is 279 g/mol. The lowest BCUT2D eigenvalue weighted by Gasteiger charge is -2.23. The van der Waals surface area contributed by atoms with Crippen LogP contribution in [0.15, 0.2) is 30.3 Å². The normalized spacial score (nSPS) is 15.0. The zero-order valence-corrected chi connectivity index (χ0v) is 12.0. The summed E-state index contributed by atoms with van der Waals surface area (Å²) in [6, 6.07) is 7.82. The van der Waals surface area contributed by atoms with Gasteiger partial charge in [0.2, 0.25) is 0 Å². The van der Waals surface area contributed by atoms with Gasteiger partial charge in [-0.15, -0.1) is 0 Å². The monoisotopic (exact) mass is 279 g/mol. The van der Waals surface area contributed by atoms with Crippen molar-refractivity contribution in [3.63, 3.8) is 0 Å². The number of hydrogen-bond donors (Lipinski definition) is 2. The molecule has 0 spiro atoms. The van der Waals surface area contributed by atoms with E-state index < -0.39 is 24.0 Å². The Labute approximate surface area is 118 Å². The van der Waals surface area contributed by atoms with Crippen molar-refractivity contribution in [2.45, 2.75) is 32.4 Å². The highest BCUT2D eigenvalue weighted by atomic mass is 16.5. The molecule has 5 heteroatoms. The number of amides is 1. The summed E-state index contributed by atoms with van der Waals surface area (Å²) in [6.45, 7) is 3.76. The van der Waals surface area contributed by atoms with Crippen LogP contribution in [0.5, 0.6) is 0 Å². The molecule has 1 aromatic carbocycles. The highest BCUT2D eigenvalue weighted by molar-refractivity contribution is 5.87. The third-order valence-electron chi connectivity index (χ3n) is 3.33. The Morgan fingerprint density at radius 1 is 1.30 bits per heavy atom. The van der Waals surface area contributed by atoms with Crippen LogP contribution in [0.4, 0.5) is 0 Å². The maximum absolute atomic E-state index is 12.0. The number of methoxy groups -OCH3 is 1. The Kier molecular flexibility index (Phi) is 6.18. The van der Waals surface area contributed by atoms with Crippen LogP contribution in [0, 0.1) is 5.92 Å². The zero-order chi connectivity index (χ0) is 15.1. The smallest absolute Gasteiger partial charge is 0.328 e. The molecule has 0 aromatic heterocycles. The summed E-state index contributed by atoms with van der Waals surface area (Å²) in [5.41, 5.74) is 0.484. The second kappa shape index (κ2) is 7.65. The van der Waals surface area contributed by atoms with Crippen LogP contribution in [0.3, 0.4) is 0 Å². The van der Waals surface area contributed by atoms with Gasteiger partial charge in [0, 0.05) is 0 Å². The summed E-state index contributed by atoms with van der Waals surface area (Å²) in [5.74, 6) is -1.19. The summed E-state index contributed by atoms with van der Waals surface area (Å²) in [5, 5.41) is 12.5. The number of hydrogen-bond acceptors (Lipinski definition) is 4. The van der Waals surface area contributed by atoms with Crippen LogP contribution in [0.1, 0.15) is 31.9 Å². The quantitative estimate of drug-likeness (QED) is 0.772. The number of esters is 1. The Morgan fingerprint density at radius 2 is 1.90 bits per heavy atom. The molecule has 2 N–H and O–H groups in total.